The van der Waals surface area contributed by atoms with E-state index < -0.39 is 29.6 Å². The summed E-state index contributed by atoms with van der Waals surface area (Å²) < 4.78 is 23.4. The van der Waals surface area contributed by atoms with Crippen LogP contribution in [0.25, 0.3) is 10.9 Å². The minimum atomic E-state index is -1.33. The third-order valence-electron chi connectivity index (χ3n) is 6.35. The van der Waals surface area contributed by atoms with Crippen LogP contribution in [-0.2, 0) is 25.7 Å². The average molecular weight is 564 g/mol. The number of fused-ring (bicyclic) bond motifs is 1. The molecule has 0 amide bonds. The first-order valence-corrected chi connectivity index (χ1v) is 12.6. The van der Waals surface area contributed by atoms with Crippen molar-refractivity contribution in [2.24, 2.45) is 5.92 Å². The van der Waals surface area contributed by atoms with Gasteiger partial charge >= 0.3 is 11.9 Å². The highest BCUT2D eigenvalue weighted by Gasteiger charge is 2.49. The number of hydrogen-bond donors (Lipinski definition) is 1. The number of methoxy groups -OCH3 is 1. The Labute approximate surface area is 222 Å². The fraction of sp³-hybridized carbons (Fsp3) is 0.241. The first-order chi connectivity index (χ1) is 17.8. The normalized spacial score (nSPS) is 16.2. The highest BCUT2D eigenvalue weighted by atomic mass is 79.9. The number of halogens is 1. The molecule has 7 nitrogen and oxygen atoms in total. The number of para-hydroxylation sites is 1. The Morgan fingerprint density at radius 2 is 1.62 bits per heavy atom. The van der Waals surface area contributed by atoms with E-state index in [1.165, 1.54) is 13.8 Å². The minimum Gasteiger partial charge on any atom is -0.493 e. The quantitative estimate of drug-likeness (QED) is 0.216. The van der Waals surface area contributed by atoms with E-state index in [2.05, 4.69) is 20.9 Å². The van der Waals surface area contributed by atoms with Crippen LogP contribution in [0.2, 0.25) is 0 Å². The van der Waals surface area contributed by atoms with Gasteiger partial charge in [0.25, 0.3) is 5.79 Å². The number of carbonyl (C=O) groups is 2. The Balaban J connectivity index is 1.61. The van der Waals surface area contributed by atoms with Gasteiger partial charge in [-0.25, -0.2) is 0 Å². The van der Waals surface area contributed by atoms with Gasteiger partial charge in [0.05, 0.1) is 7.11 Å². The van der Waals surface area contributed by atoms with Crippen LogP contribution in [0.4, 0.5) is 0 Å². The van der Waals surface area contributed by atoms with Gasteiger partial charge in [-0.3, -0.25) is 9.59 Å². The van der Waals surface area contributed by atoms with E-state index in [9.17, 15) is 9.59 Å². The zero-order chi connectivity index (χ0) is 26.2. The molecule has 0 unspecified atom stereocenters. The molecule has 190 valence electrons. The molecular weight excluding hydrogens is 538 g/mol. The van der Waals surface area contributed by atoms with Gasteiger partial charge in [-0.15, -0.1) is 0 Å². The van der Waals surface area contributed by atoms with Crippen molar-refractivity contribution in [2.75, 3.05) is 7.11 Å². The summed E-state index contributed by atoms with van der Waals surface area (Å²) in [6.07, 6.45) is 1.81. The molecule has 1 aliphatic heterocycles. The molecule has 1 N–H and O–H groups in total. The molecule has 4 aromatic rings. The van der Waals surface area contributed by atoms with Crippen molar-refractivity contribution in [2.45, 2.75) is 32.2 Å². The van der Waals surface area contributed by atoms with Gasteiger partial charge in [-0.2, -0.15) is 0 Å². The molecule has 1 atom stereocenters. The number of cyclic esters (lactones) is 2. The molecule has 1 saturated heterocycles. The predicted octanol–water partition coefficient (Wildman–Crippen LogP) is 6.10. The smallest absolute Gasteiger partial charge is 0.324 e. The molecule has 8 heteroatoms. The van der Waals surface area contributed by atoms with Crippen molar-refractivity contribution in [1.82, 2.24) is 4.98 Å². The lowest BCUT2D eigenvalue weighted by atomic mass is 9.79. The molecule has 37 heavy (non-hydrogen) atoms. The van der Waals surface area contributed by atoms with Gasteiger partial charge in [0.1, 0.15) is 6.61 Å². The van der Waals surface area contributed by atoms with Crippen LogP contribution < -0.4 is 9.47 Å². The number of rotatable bonds is 7. The molecule has 2 heterocycles. The number of aromatic nitrogens is 1. The summed E-state index contributed by atoms with van der Waals surface area (Å²) in [6, 6.07) is 21.1. The Bertz CT molecular complexity index is 1440. The van der Waals surface area contributed by atoms with Crippen molar-refractivity contribution in [3.63, 3.8) is 0 Å². The fourth-order valence-electron chi connectivity index (χ4n) is 4.68. The van der Waals surface area contributed by atoms with E-state index in [0.29, 0.717) is 28.1 Å². The van der Waals surface area contributed by atoms with Gasteiger partial charge < -0.3 is 23.9 Å². The number of nitrogens with one attached hydrogen (secondary N) is 1. The molecule has 0 radical (unpaired) electrons. The monoisotopic (exact) mass is 563 g/mol. The van der Waals surface area contributed by atoms with Crippen LogP contribution in [0, 0.1) is 5.92 Å². The lowest BCUT2D eigenvalue weighted by Crippen LogP contribution is -2.48. The fourth-order valence-corrected chi connectivity index (χ4v) is 5.24. The lowest BCUT2D eigenvalue weighted by Gasteiger charge is -2.36. The maximum Gasteiger partial charge on any atom is 0.324 e. The Hall–Kier alpha value is -3.78. The van der Waals surface area contributed by atoms with Crippen molar-refractivity contribution in [1.29, 1.82) is 0 Å². The van der Waals surface area contributed by atoms with Gasteiger partial charge in [0, 0.05) is 41.3 Å². The second-order valence-corrected chi connectivity index (χ2v) is 10.1. The SMILES string of the molecule is COc1cc([C@@H](c2c[nH]c3ccccc23)C2C(=O)OC(C)(C)OC2=O)c(Br)cc1OCc1ccccc1. The number of carbonyl (C=O) groups excluding carboxylic acids is 2. The summed E-state index contributed by atoms with van der Waals surface area (Å²) >= 11 is 3.67. The molecule has 1 fully saturated rings. The maximum absolute atomic E-state index is 13.3. The third kappa shape index (κ3) is 4.93. The van der Waals surface area contributed by atoms with E-state index in [1.54, 1.807) is 19.2 Å². The highest BCUT2D eigenvalue weighted by Crippen LogP contribution is 2.46. The van der Waals surface area contributed by atoms with Gasteiger partial charge in [-0.1, -0.05) is 64.5 Å². The third-order valence-corrected chi connectivity index (χ3v) is 7.03. The van der Waals surface area contributed by atoms with Crippen molar-refractivity contribution in [3.8, 4) is 11.5 Å². The molecule has 1 aromatic heterocycles. The highest BCUT2D eigenvalue weighted by molar-refractivity contribution is 9.10. The zero-order valence-electron chi connectivity index (χ0n) is 20.6. The first-order valence-electron chi connectivity index (χ1n) is 11.8. The van der Waals surface area contributed by atoms with Crippen molar-refractivity contribution >= 4 is 38.8 Å². The summed E-state index contributed by atoms with van der Waals surface area (Å²) in [7, 11) is 1.55. The largest absolute Gasteiger partial charge is 0.493 e. The summed E-state index contributed by atoms with van der Waals surface area (Å²) in [5.74, 6) is -3.58. The van der Waals surface area contributed by atoms with E-state index in [4.69, 9.17) is 18.9 Å². The number of esters is 2. The van der Waals surface area contributed by atoms with Crippen LogP contribution in [0.3, 0.4) is 0 Å². The van der Waals surface area contributed by atoms with E-state index >= 15 is 0 Å². The van der Waals surface area contributed by atoms with Crippen LogP contribution in [0.5, 0.6) is 11.5 Å². The Morgan fingerprint density at radius 1 is 0.946 bits per heavy atom. The number of aromatic amines is 1. The minimum absolute atomic E-state index is 0.352. The van der Waals surface area contributed by atoms with Crippen LogP contribution in [-0.4, -0.2) is 29.8 Å². The van der Waals surface area contributed by atoms with Crippen LogP contribution in [0.1, 0.15) is 36.5 Å². The van der Waals surface area contributed by atoms with Gasteiger partial charge in [0.2, 0.25) is 0 Å². The Kier molecular flexibility index (Phi) is 6.69. The molecule has 0 saturated carbocycles. The number of hydrogen-bond acceptors (Lipinski definition) is 6. The zero-order valence-corrected chi connectivity index (χ0v) is 22.2. The molecule has 1 aliphatic rings. The predicted molar refractivity (Wildman–Crippen MR) is 141 cm³/mol. The molecule has 5 rings (SSSR count). The standard InChI is InChI=1S/C29H26BrNO6/c1-29(2)36-27(32)26(28(33)37-29)25(20-15-31-22-12-8-7-11-18(20)22)19-13-23(34-3)24(14-21(19)30)35-16-17-9-5-4-6-10-17/h4-15,25-26,31H,16H2,1-3H3/t25-/m0/s1. The van der Waals surface area contributed by atoms with Gasteiger partial charge in [-0.05, 0) is 34.9 Å². The summed E-state index contributed by atoms with van der Waals surface area (Å²) in [6.45, 7) is 3.43. The molecular formula is C29H26BrNO6. The van der Waals surface area contributed by atoms with Crippen molar-refractivity contribution < 1.29 is 28.5 Å². The summed E-state index contributed by atoms with van der Waals surface area (Å²) in [4.78, 5) is 29.8. The second-order valence-electron chi connectivity index (χ2n) is 9.29. The Morgan fingerprint density at radius 3 is 2.32 bits per heavy atom. The molecule has 0 aliphatic carbocycles. The van der Waals surface area contributed by atoms with E-state index in [1.807, 2.05) is 60.8 Å². The second kappa shape index (κ2) is 9.94. The topological polar surface area (TPSA) is 86.9 Å². The van der Waals surface area contributed by atoms with E-state index in [-0.39, 0.29) is 0 Å². The average Bonchev–Trinajstić information content (AvgIpc) is 3.29. The van der Waals surface area contributed by atoms with Crippen molar-refractivity contribution in [3.05, 3.63) is 94.1 Å². The van der Waals surface area contributed by atoms with Crippen LogP contribution >= 0.6 is 15.9 Å². The van der Waals surface area contributed by atoms with E-state index in [0.717, 1.165) is 22.0 Å². The first kappa shape index (κ1) is 24.9. The van der Waals surface area contributed by atoms with Gasteiger partial charge in [0.15, 0.2) is 17.4 Å². The molecule has 3 aromatic carbocycles. The lowest BCUT2D eigenvalue weighted by molar-refractivity contribution is -0.240. The molecule has 0 spiro atoms. The number of ether oxygens (including phenoxy) is 4. The molecule has 0 bridgehead atoms. The summed E-state index contributed by atoms with van der Waals surface area (Å²) in [5.41, 5.74) is 3.31. The summed E-state index contributed by atoms with van der Waals surface area (Å²) in [5, 5.41) is 0.883. The van der Waals surface area contributed by atoms with Crippen LogP contribution in [0.15, 0.2) is 77.4 Å². The number of benzene rings is 3. The maximum atomic E-state index is 13.3. The number of H-pyrrole nitrogens is 1.